The molecular weight excluding hydrogens is 384 g/mol. The molecule has 0 saturated heterocycles. The maximum atomic E-state index is 2.42. The van der Waals surface area contributed by atoms with E-state index in [1.165, 1.54) is 47.9 Å². The summed E-state index contributed by atoms with van der Waals surface area (Å²) in [6, 6.07) is 46.0. The van der Waals surface area contributed by atoms with Gasteiger partial charge in [0.2, 0.25) is 0 Å². The normalized spacial score (nSPS) is 34.2. The van der Waals surface area contributed by atoms with E-state index in [0.29, 0.717) is 0 Å². The molecule has 0 nitrogen and oxygen atoms in total. The lowest BCUT2D eigenvalue weighted by atomic mass is 9.29. The van der Waals surface area contributed by atoms with Gasteiger partial charge in [-0.1, -0.05) is 121 Å². The lowest BCUT2D eigenvalue weighted by Crippen LogP contribution is -2.77. The van der Waals surface area contributed by atoms with Gasteiger partial charge >= 0.3 is 0 Å². The molecule has 0 heteroatoms. The van der Waals surface area contributed by atoms with Gasteiger partial charge in [-0.3, -0.25) is 0 Å². The summed E-state index contributed by atoms with van der Waals surface area (Å²) in [5.74, 6) is 0. The summed E-state index contributed by atoms with van der Waals surface area (Å²) in [7, 11) is 0. The first kappa shape index (κ1) is 18.5. The highest BCUT2D eigenvalue weighted by Crippen LogP contribution is 2.93. The molecule has 5 aliphatic carbocycles. The van der Waals surface area contributed by atoms with Gasteiger partial charge in [0.1, 0.15) is 0 Å². The Labute approximate surface area is 191 Å². The molecule has 9 rings (SSSR count). The predicted molar refractivity (Wildman–Crippen MR) is 131 cm³/mol. The standard InChI is InChI=1S/C32H28/c1-5-13-25(14-6-1)29-21-22-32(28-19-11-4-12-20-28)30(29,26-15-7-2-8-16-26)23-24-31(29,32)27-17-9-3-10-18-27/h1-20H,21-24H2. The zero-order valence-corrected chi connectivity index (χ0v) is 18.4. The van der Waals surface area contributed by atoms with E-state index in [4.69, 9.17) is 0 Å². The molecule has 4 aromatic rings. The molecule has 0 N–H and O–H groups in total. The van der Waals surface area contributed by atoms with E-state index in [1.807, 2.05) is 0 Å². The van der Waals surface area contributed by atoms with E-state index in [-0.39, 0.29) is 21.7 Å². The van der Waals surface area contributed by atoms with Crippen LogP contribution >= 0.6 is 0 Å². The largest absolute Gasteiger partial charge is 0.0622 e. The van der Waals surface area contributed by atoms with Crippen LogP contribution in [0, 0.1) is 0 Å². The predicted octanol–water partition coefficient (Wildman–Crippen LogP) is 7.34. The summed E-state index contributed by atoms with van der Waals surface area (Å²) >= 11 is 0. The van der Waals surface area contributed by atoms with Gasteiger partial charge in [-0.2, -0.15) is 0 Å². The topological polar surface area (TPSA) is 0 Å². The first-order valence-corrected chi connectivity index (χ1v) is 12.1. The molecule has 5 aliphatic rings. The maximum Gasteiger partial charge on any atom is 0.0165 e. The molecule has 4 aromatic carbocycles. The van der Waals surface area contributed by atoms with Crippen molar-refractivity contribution in [2.75, 3.05) is 0 Å². The van der Waals surface area contributed by atoms with Gasteiger partial charge in [0, 0.05) is 21.7 Å². The number of hydrogen-bond donors (Lipinski definition) is 0. The molecule has 32 heavy (non-hydrogen) atoms. The molecule has 4 bridgehead atoms. The van der Waals surface area contributed by atoms with Crippen LogP contribution in [0.4, 0.5) is 0 Å². The molecule has 0 spiro atoms. The van der Waals surface area contributed by atoms with E-state index < -0.39 is 0 Å². The van der Waals surface area contributed by atoms with Crippen molar-refractivity contribution in [2.24, 2.45) is 0 Å². The van der Waals surface area contributed by atoms with Crippen molar-refractivity contribution < 1.29 is 0 Å². The van der Waals surface area contributed by atoms with Crippen LogP contribution in [0.5, 0.6) is 0 Å². The Kier molecular flexibility index (Phi) is 3.59. The van der Waals surface area contributed by atoms with Gasteiger partial charge in [0.25, 0.3) is 0 Å². The second-order valence-corrected chi connectivity index (χ2v) is 10.1. The maximum absolute atomic E-state index is 2.42. The van der Waals surface area contributed by atoms with E-state index in [1.54, 1.807) is 0 Å². The van der Waals surface area contributed by atoms with E-state index >= 15 is 0 Å². The van der Waals surface area contributed by atoms with Crippen molar-refractivity contribution in [2.45, 2.75) is 47.3 Å². The average Bonchev–Trinajstić information content (AvgIpc) is 3.58. The van der Waals surface area contributed by atoms with Gasteiger partial charge in [-0.15, -0.1) is 0 Å². The summed E-state index contributed by atoms with van der Waals surface area (Å²) in [6.45, 7) is 0. The highest BCUT2D eigenvalue weighted by Gasteiger charge is 2.94. The Hall–Kier alpha value is -3.12. The third-order valence-corrected chi connectivity index (χ3v) is 9.73. The van der Waals surface area contributed by atoms with Crippen LogP contribution in [-0.4, -0.2) is 0 Å². The van der Waals surface area contributed by atoms with Gasteiger partial charge in [0.15, 0.2) is 0 Å². The van der Waals surface area contributed by atoms with Crippen molar-refractivity contribution >= 4 is 0 Å². The zero-order valence-electron chi connectivity index (χ0n) is 18.4. The molecule has 5 fully saturated rings. The second-order valence-electron chi connectivity index (χ2n) is 10.1. The van der Waals surface area contributed by atoms with Crippen LogP contribution in [0.3, 0.4) is 0 Å². The zero-order chi connectivity index (χ0) is 21.3. The summed E-state index contributed by atoms with van der Waals surface area (Å²) in [5, 5.41) is 0. The lowest BCUT2D eigenvalue weighted by Gasteiger charge is -2.72. The minimum absolute atomic E-state index is 0.125. The number of hydrogen-bond acceptors (Lipinski definition) is 0. The molecule has 0 aliphatic heterocycles. The van der Waals surface area contributed by atoms with E-state index in [0.717, 1.165) is 0 Å². The summed E-state index contributed by atoms with van der Waals surface area (Å²) in [5.41, 5.74) is 6.64. The number of rotatable bonds is 4. The van der Waals surface area contributed by atoms with Crippen molar-refractivity contribution in [3.05, 3.63) is 144 Å². The van der Waals surface area contributed by atoms with Gasteiger partial charge in [-0.25, -0.2) is 0 Å². The molecule has 0 radical (unpaired) electrons. The second kappa shape index (κ2) is 6.23. The van der Waals surface area contributed by atoms with Crippen molar-refractivity contribution in [1.82, 2.24) is 0 Å². The van der Waals surface area contributed by atoms with Crippen molar-refractivity contribution in [3.63, 3.8) is 0 Å². The van der Waals surface area contributed by atoms with Gasteiger partial charge < -0.3 is 0 Å². The van der Waals surface area contributed by atoms with Gasteiger partial charge in [-0.05, 0) is 47.9 Å². The minimum Gasteiger partial charge on any atom is -0.0622 e. The quantitative estimate of drug-likeness (QED) is 0.329. The fourth-order valence-corrected chi connectivity index (χ4v) is 9.29. The Balaban J connectivity index is 1.63. The molecular formula is C32H28. The van der Waals surface area contributed by atoms with Gasteiger partial charge in [0.05, 0.1) is 0 Å². The SMILES string of the molecule is c1ccc(C23CCC4(c5ccccc5)C2(c2ccccc2)CCC34c2ccccc2)cc1. The third-order valence-electron chi connectivity index (χ3n) is 9.73. The van der Waals surface area contributed by atoms with Crippen molar-refractivity contribution in [1.29, 1.82) is 0 Å². The van der Waals surface area contributed by atoms with Crippen LogP contribution in [0.2, 0.25) is 0 Å². The molecule has 0 amide bonds. The third kappa shape index (κ3) is 1.70. The van der Waals surface area contributed by atoms with Crippen LogP contribution < -0.4 is 0 Å². The van der Waals surface area contributed by atoms with E-state index in [9.17, 15) is 0 Å². The van der Waals surface area contributed by atoms with Crippen molar-refractivity contribution in [3.8, 4) is 0 Å². The Morgan fingerprint density at radius 1 is 0.281 bits per heavy atom. The summed E-state index contributed by atoms with van der Waals surface area (Å²) in [6.07, 6.45) is 4.98. The van der Waals surface area contributed by atoms with Crippen LogP contribution in [-0.2, 0) is 21.7 Å². The summed E-state index contributed by atoms with van der Waals surface area (Å²) < 4.78 is 0. The Morgan fingerprint density at radius 2 is 0.469 bits per heavy atom. The molecule has 156 valence electrons. The fourth-order valence-electron chi connectivity index (χ4n) is 9.29. The number of benzene rings is 4. The van der Waals surface area contributed by atoms with Crippen LogP contribution in [0.15, 0.2) is 121 Å². The first-order valence-electron chi connectivity index (χ1n) is 12.1. The fraction of sp³-hybridized carbons (Fsp3) is 0.250. The smallest absolute Gasteiger partial charge is 0.0165 e. The number of fused-ring (bicyclic) bond motifs is 2. The molecule has 0 unspecified atom stereocenters. The van der Waals surface area contributed by atoms with E-state index in [2.05, 4.69) is 121 Å². The Bertz CT molecular complexity index is 1040. The molecule has 0 heterocycles. The highest BCUT2D eigenvalue weighted by atomic mass is 15.0. The van der Waals surface area contributed by atoms with Crippen LogP contribution in [0.25, 0.3) is 0 Å². The first-order chi connectivity index (χ1) is 15.8. The Morgan fingerprint density at radius 3 is 0.656 bits per heavy atom. The lowest BCUT2D eigenvalue weighted by molar-refractivity contribution is -0.0265. The summed E-state index contributed by atoms with van der Waals surface area (Å²) in [4.78, 5) is 0. The minimum atomic E-state index is 0.125. The molecule has 0 aromatic heterocycles. The average molecular weight is 413 g/mol. The van der Waals surface area contributed by atoms with Crippen LogP contribution in [0.1, 0.15) is 47.9 Å². The molecule has 5 saturated carbocycles. The molecule has 0 atom stereocenters. The monoisotopic (exact) mass is 412 g/mol. The highest BCUT2D eigenvalue weighted by molar-refractivity contribution is 5.71.